The van der Waals surface area contributed by atoms with Crippen molar-refractivity contribution in [3.05, 3.63) is 58.1 Å². The van der Waals surface area contributed by atoms with Gasteiger partial charge in [-0.15, -0.1) is 0 Å². The quantitative estimate of drug-likeness (QED) is 0.761. The molecule has 0 N–H and O–H groups in total. The maximum Gasteiger partial charge on any atom is 0.247 e. The summed E-state index contributed by atoms with van der Waals surface area (Å²) in [5.74, 6) is 0.0608. The first-order chi connectivity index (χ1) is 10.9. The van der Waals surface area contributed by atoms with Crippen molar-refractivity contribution in [3.8, 4) is 5.75 Å². The van der Waals surface area contributed by atoms with E-state index in [1.54, 1.807) is 6.92 Å². The number of methoxy groups -OCH3 is 1. The molecule has 0 aromatic heterocycles. The lowest BCUT2D eigenvalue weighted by molar-refractivity contribution is 0.391. The van der Waals surface area contributed by atoms with Crippen LogP contribution in [-0.2, 0) is 16.6 Å². The average Bonchev–Trinajstić information content (AvgIpc) is 2.55. The minimum absolute atomic E-state index is 0.00665. The van der Waals surface area contributed by atoms with Crippen LogP contribution < -0.4 is 4.74 Å². The molecule has 0 atom stereocenters. The van der Waals surface area contributed by atoms with Gasteiger partial charge in [0.2, 0.25) is 10.0 Å². The molecule has 0 bridgehead atoms. The predicted molar refractivity (Wildman–Crippen MR) is 92.7 cm³/mol. The predicted octanol–water partition coefficient (Wildman–Crippen LogP) is 4.21. The number of hydrogen-bond donors (Lipinski definition) is 0. The Morgan fingerprint density at radius 3 is 2.30 bits per heavy atom. The lowest BCUT2D eigenvalue weighted by Gasteiger charge is -2.22. The van der Waals surface area contributed by atoms with Crippen LogP contribution in [0, 0.1) is 0 Å². The van der Waals surface area contributed by atoms with E-state index in [-0.39, 0.29) is 27.2 Å². The molecule has 2 rings (SSSR count). The Balaban J connectivity index is 2.46. The van der Waals surface area contributed by atoms with Gasteiger partial charge in [0.15, 0.2) is 5.75 Å². The lowest BCUT2D eigenvalue weighted by Crippen LogP contribution is -2.30. The molecule has 23 heavy (non-hydrogen) atoms. The van der Waals surface area contributed by atoms with Crippen LogP contribution in [0.2, 0.25) is 10.0 Å². The fraction of sp³-hybridized carbons (Fsp3) is 0.250. The molecule has 0 unspecified atom stereocenters. The second-order valence-electron chi connectivity index (χ2n) is 4.81. The topological polar surface area (TPSA) is 46.6 Å². The van der Waals surface area contributed by atoms with Crippen molar-refractivity contribution in [2.24, 2.45) is 0 Å². The second-order valence-corrected chi connectivity index (χ2v) is 7.50. The van der Waals surface area contributed by atoms with Gasteiger partial charge in [0.05, 0.1) is 12.1 Å². The van der Waals surface area contributed by atoms with Gasteiger partial charge in [0.25, 0.3) is 0 Å². The molecule has 0 saturated carbocycles. The van der Waals surface area contributed by atoms with E-state index in [4.69, 9.17) is 27.9 Å². The fourth-order valence-corrected chi connectivity index (χ4v) is 4.24. The summed E-state index contributed by atoms with van der Waals surface area (Å²) in [7, 11) is -2.40. The standard InChI is InChI=1S/C16H17Cl2NO3S/c1-3-19(11-12-7-5-4-6-8-12)23(20,21)14-10-9-13(17)15(18)16(14)22-2/h4-10H,3,11H2,1-2H3. The molecule has 0 aliphatic rings. The summed E-state index contributed by atoms with van der Waals surface area (Å²) in [5, 5.41) is 0.333. The number of rotatable bonds is 6. The van der Waals surface area contributed by atoms with Crippen molar-refractivity contribution in [1.82, 2.24) is 4.31 Å². The van der Waals surface area contributed by atoms with Crippen molar-refractivity contribution in [3.63, 3.8) is 0 Å². The molecule has 124 valence electrons. The van der Waals surface area contributed by atoms with Gasteiger partial charge in [-0.05, 0) is 17.7 Å². The smallest absolute Gasteiger partial charge is 0.247 e. The maximum atomic E-state index is 13.0. The van der Waals surface area contributed by atoms with Gasteiger partial charge in [-0.2, -0.15) is 4.31 Å². The molecule has 0 aliphatic heterocycles. The van der Waals surface area contributed by atoms with E-state index < -0.39 is 10.0 Å². The summed E-state index contributed by atoms with van der Waals surface area (Å²) in [4.78, 5) is 0.00665. The first-order valence-electron chi connectivity index (χ1n) is 6.97. The second kappa shape index (κ2) is 7.53. The highest BCUT2D eigenvalue weighted by atomic mass is 35.5. The fourth-order valence-electron chi connectivity index (χ4n) is 2.20. The van der Waals surface area contributed by atoms with Crippen LogP contribution in [-0.4, -0.2) is 26.4 Å². The van der Waals surface area contributed by atoms with Crippen LogP contribution in [0.1, 0.15) is 12.5 Å². The Labute approximate surface area is 146 Å². The third-order valence-electron chi connectivity index (χ3n) is 3.39. The van der Waals surface area contributed by atoms with Gasteiger partial charge in [0.1, 0.15) is 9.92 Å². The highest BCUT2D eigenvalue weighted by Crippen LogP contribution is 2.38. The third-order valence-corrected chi connectivity index (χ3v) is 6.12. The highest BCUT2D eigenvalue weighted by molar-refractivity contribution is 7.89. The highest BCUT2D eigenvalue weighted by Gasteiger charge is 2.28. The zero-order chi connectivity index (χ0) is 17.0. The molecule has 2 aromatic carbocycles. The van der Waals surface area contributed by atoms with E-state index in [1.807, 2.05) is 30.3 Å². The molecule has 0 saturated heterocycles. The number of nitrogens with zero attached hydrogens (tertiary/aromatic N) is 1. The molecule has 7 heteroatoms. The van der Waals surface area contributed by atoms with Gasteiger partial charge in [-0.3, -0.25) is 0 Å². The van der Waals surface area contributed by atoms with Crippen molar-refractivity contribution >= 4 is 33.2 Å². The first kappa shape index (κ1) is 18.1. The minimum Gasteiger partial charge on any atom is -0.494 e. The summed E-state index contributed by atoms with van der Waals surface area (Å²) in [5.41, 5.74) is 0.900. The number of ether oxygens (including phenoxy) is 1. The largest absolute Gasteiger partial charge is 0.494 e. The van der Waals surface area contributed by atoms with E-state index in [0.29, 0.717) is 6.54 Å². The van der Waals surface area contributed by atoms with Crippen LogP contribution in [0.3, 0.4) is 0 Å². The molecule has 0 spiro atoms. The Morgan fingerprint density at radius 2 is 1.74 bits per heavy atom. The zero-order valence-corrected chi connectivity index (χ0v) is 15.1. The minimum atomic E-state index is -3.77. The Morgan fingerprint density at radius 1 is 1.09 bits per heavy atom. The first-order valence-corrected chi connectivity index (χ1v) is 9.17. The van der Waals surface area contributed by atoms with E-state index >= 15 is 0 Å². The molecule has 2 aromatic rings. The number of benzene rings is 2. The molecule has 0 radical (unpaired) electrons. The third kappa shape index (κ3) is 3.80. The van der Waals surface area contributed by atoms with Crippen LogP contribution in [0.25, 0.3) is 0 Å². The number of halogens is 2. The van der Waals surface area contributed by atoms with Gasteiger partial charge in [0, 0.05) is 13.1 Å². The van der Waals surface area contributed by atoms with Gasteiger partial charge in [-0.1, -0.05) is 60.5 Å². The number of hydrogen-bond acceptors (Lipinski definition) is 3. The monoisotopic (exact) mass is 373 g/mol. The van der Waals surface area contributed by atoms with Gasteiger partial charge >= 0.3 is 0 Å². The summed E-state index contributed by atoms with van der Waals surface area (Å²) in [6.45, 7) is 2.37. The normalized spacial score (nSPS) is 11.7. The molecule has 0 heterocycles. The Hall–Kier alpha value is -1.27. The van der Waals surface area contributed by atoms with Gasteiger partial charge in [-0.25, -0.2) is 8.42 Å². The Bertz CT molecular complexity index is 779. The summed E-state index contributed by atoms with van der Waals surface area (Å²) < 4.78 is 32.4. The summed E-state index contributed by atoms with van der Waals surface area (Å²) in [6, 6.07) is 12.3. The Kier molecular flexibility index (Phi) is 5.92. The van der Waals surface area contributed by atoms with Crippen LogP contribution in [0.15, 0.2) is 47.4 Å². The zero-order valence-electron chi connectivity index (χ0n) is 12.8. The van der Waals surface area contributed by atoms with Crippen molar-refractivity contribution in [1.29, 1.82) is 0 Å². The van der Waals surface area contributed by atoms with Crippen molar-refractivity contribution in [2.45, 2.75) is 18.4 Å². The molecule has 0 fully saturated rings. The van der Waals surface area contributed by atoms with Crippen LogP contribution >= 0.6 is 23.2 Å². The lowest BCUT2D eigenvalue weighted by atomic mass is 10.2. The van der Waals surface area contributed by atoms with E-state index in [1.165, 1.54) is 23.5 Å². The van der Waals surface area contributed by atoms with E-state index in [0.717, 1.165) is 5.56 Å². The molecule has 4 nitrogen and oxygen atoms in total. The summed E-state index contributed by atoms with van der Waals surface area (Å²) >= 11 is 12.0. The molecular formula is C16H17Cl2NO3S. The van der Waals surface area contributed by atoms with Crippen LogP contribution in [0.5, 0.6) is 5.75 Å². The van der Waals surface area contributed by atoms with Crippen LogP contribution in [0.4, 0.5) is 0 Å². The summed E-state index contributed by atoms with van der Waals surface area (Å²) in [6.07, 6.45) is 0. The SMILES string of the molecule is CCN(Cc1ccccc1)S(=O)(=O)c1ccc(Cl)c(Cl)c1OC. The van der Waals surface area contributed by atoms with E-state index in [2.05, 4.69) is 0 Å². The molecule has 0 aliphatic carbocycles. The van der Waals surface area contributed by atoms with Crippen molar-refractivity contribution in [2.75, 3.05) is 13.7 Å². The molecule has 0 amide bonds. The average molecular weight is 374 g/mol. The van der Waals surface area contributed by atoms with Crippen molar-refractivity contribution < 1.29 is 13.2 Å². The maximum absolute atomic E-state index is 13.0. The van der Waals surface area contributed by atoms with E-state index in [9.17, 15) is 8.42 Å². The molecular weight excluding hydrogens is 357 g/mol. The number of sulfonamides is 1. The van der Waals surface area contributed by atoms with Gasteiger partial charge < -0.3 is 4.74 Å².